The fraction of sp³-hybridized carbons (Fsp3) is 0.400. The van der Waals surface area contributed by atoms with Gasteiger partial charge < -0.3 is 19.9 Å². The van der Waals surface area contributed by atoms with Crippen LogP contribution in [0.15, 0.2) is 30.3 Å². The number of carboxylic acids is 1. The van der Waals surface area contributed by atoms with Crippen molar-refractivity contribution in [3.8, 4) is 11.4 Å². The van der Waals surface area contributed by atoms with Crippen LogP contribution in [-0.4, -0.2) is 39.1 Å². The summed E-state index contributed by atoms with van der Waals surface area (Å²) >= 11 is 0. The van der Waals surface area contributed by atoms with Crippen LogP contribution in [0.25, 0.3) is 16.6 Å². The summed E-state index contributed by atoms with van der Waals surface area (Å²) in [5.41, 5.74) is -1.44. The van der Waals surface area contributed by atoms with Crippen LogP contribution in [0.1, 0.15) is 51.3 Å². The average molecular weight is 481 g/mol. The van der Waals surface area contributed by atoms with Crippen LogP contribution in [-0.2, 0) is 15.6 Å². The minimum absolute atomic E-state index is 0.0194. The second kappa shape index (κ2) is 9.29. The molecule has 0 radical (unpaired) electrons. The number of halogens is 4. The van der Waals surface area contributed by atoms with Gasteiger partial charge in [0, 0.05) is 40.7 Å². The number of aromatic nitrogens is 1. The Balaban J connectivity index is 2.57. The first kappa shape index (κ1) is 25.6. The summed E-state index contributed by atoms with van der Waals surface area (Å²) in [4.78, 5) is 11.4. The number of phenols is 1. The minimum atomic E-state index is -1.16. The predicted octanol–water partition coefficient (Wildman–Crippen LogP) is 5.51. The largest absolute Gasteiger partial charge is 0.507 e. The molecule has 5 nitrogen and oxygen atoms in total. The molecule has 184 valence electrons. The van der Waals surface area contributed by atoms with Crippen LogP contribution in [0.5, 0.6) is 5.75 Å². The Morgan fingerprint density at radius 2 is 1.71 bits per heavy atom. The zero-order chi connectivity index (χ0) is 25.4. The smallest absolute Gasteiger partial charge is 0.303 e. The molecule has 0 fully saturated rings. The second-order valence-corrected chi connectivity index (χ2v) is 9.41. The highest BCUT2D eigenvalue weighted by molar-refractivity contribution is 5.94. The molecule has 0 aliphatic rings. The van der Waals surface area contributed by atoms with E-state index in [4.69, 9.17) is 0 Å². The Morgan fingerprint density at radius 3 is 2.26 bits per heavy atom. The molecule has 0 amide bonds. The number of nitrogens with zero attached hydrogens (tertiary/aromatic N) is 1. The number of aliphatic hydroxyl groups excluding tert-OH is 1. The number of aliphatic carboxylic acids is 1. The number of carbonyl (C=O) groups is 1. The third kappa shape index (κ3) is 4.49. The topological polar surface area (TPSA) is 82.7 Å². The van der Waals surface area contributed by atoms with E-state index in [1.54, 1.807) is 20.8 Å². The van der Waals surface area contributed by atoms with Gasteiger partial charge in [0.15, 0.2) is 11.6 Å². The summed E-state index contributed by atoms with van der Waals surface area (Å²) in [6, 6.07) is 5.05. The molecule has 2 aromatic carbocycles. The van der Waals surface area contributed by atoms with Gasteiger partial charge in [0.2, 0.25) is 0 Å². The number of carboxylic acid groups (broad SMARTS) is 1. The molecule has 3 rings (SSSR count). The Bertz CT molecular complexity index is 1240. The van der Waals surface area contributed by atoms with E-state index in [2.05, 4.69) is 0 Å². The number of rotatable bonds is 9. The number of aliphatic hydroxyl groups is 1. The zero-order valence-electron chi connectivity index (χ0n) is 19.1. The van der Waals surface area contributed by atoms with Gasteiger partial charge in [-0.3, -0.25) is 9.18 Å². The highest BCUT2D eigenvalue weighted by Crippen LogP contribution is 2.49. The van der Waals surface area contributed by atoms with Crippen molar-refractivity contribution < 1.29 is 37.7 Å². The first-order chi connectivity index (χ1) is 15.9. The number of aromatic hydroxyl groups is 1. The maximum atomic E-state index is 14.5. The van der Waals surface area contributed by atoms with Crippen molar-refractivity contribution in [3.63, 3.8) is 0 Å². The molecule has 0 aliphatic heterocycles. The fourth-order valence-electron chi connectivity index (χ4n) is 4.52. The number of fused-ring (bicyclic) bond motifs is 1. The van der Waals surface area contributed by atoms with Crippen LogP contribution in [0.2, 0.25) is 0 Å². The van der Waals surface area contributed by atoms with Gasteiger partial charge in [-0.2, -0.15) is 0 Å². The second-order valence-electron chi connectivity index (χ2n) is 9.41. The molecule has 0 saturated carbocycles. The number of hydrogen-bond acceptors (Lipinski definition) is 3. The van der Waals surface area contributed by atoms with Crippen molar-refractivity contribution in [2.75, 3.05) is 13.3 Å². The van der Waals surface area contributed by atoms with Crippen molar-refractivity contribution in [3.05, 3.63) is 59.0 Å². The molecule has 0 unspecified atom stereocenters. The number of hydrogen-bond donors (Lipinski definition) is 3. The first-order valence-electron chi connectivity index (χ1n) is 10.8. The van der Waals surface area contributed by atoms with Gasteiger partial charge in [-0.1, -0.05) is 20.8 Å². The molecule has 3 N–H and O–H groups in total. The molecule has 34 heavy (non-hydrogen) atoms. The maximum absolute atomic E-state index is 14.5. The normalized spacial score (nSPS) is 13.9. The van der Waals surface area contributed by atoms with Crippen molar-refractivity contribution in [1.29, 1.82) is 0 Å². The van der Waals surface area contributed by atoms with Crippen molar-refractivity contribution in [2.24, 2.45) is 0 Å². The SMILES string of the molecule is CC(C)(CO)c1c([C@](C)(CCF)CCC(=O)O)c2c(O)cc(F)cc2n1-c1ccc(F)c(F)c1. The molecule has 3 aromatic rings. The summed E-state index contributed by atoms with van der Waals surface area (Å²) in [7, 11) is 0. The van der Waals surface area contributed by atoms with Crippen molar-refractivity contribution in [1.82, 2.24) is 4.57 Å². The van der Waals surface area contributed by atoms with Gasteiger partial charge in [0.05, 0.1) is 18.8 Å². The van der Waals surface area contributed by atoms with Crippen LogP contribution in [0, 0.1) is 17.5 Å². The summed E-state index contributed by atoms with van der Waals surface area (Å²) in [5, 5.41) is 30.5. The lowest BCUT2D eigenvalue weighted by molar-refractivity contribution is -0.137. The number of alkyl halides is 1. The van der Waals surface area contributed by atoms with E-state index >= 15 is 0 Å². The quantitative estimate of drug-likeness (QED) is 0.352. The minimum Gasteiger partial charge on any atom is -0.507 e. The van der Waals surface area contributed by atoms with E-state index in [9.17, 15) is 37.7 Å². The Morgan fingerprint density at radius 1 is 1.03 bits per heavy atom. The predicted molar refractivity (Wildman–Crippen MR) is 120 cm³/mol. The summed E-state index contributed by atoms with van der Waals surface area (Å²) < 4.78 is 57.6. The Labute approximate surface area is 194 Å². The van der Waals surface area contributed by atoms with Gasteiger partial charge in [-0.05, 0) is 42.0 Å². The number of benzene rings is 2. The fourth-order valence-corrected chi connectivity index (χ4v) is 4.52. The highest BCUT2D eigenvalue weighted by atomic mass is 19.2. The van der Waals surface area contributed by atoms with E-state index < -0.39 is 53.3 Å². The third-order valence-corrected chi connectivity index (χ3v) is 6.35. The van der Waals surface area contributed by atoms with Gasteiger partial charge in [0.1, 0.15) is 11.6 Å². The molecule has 0 spiro atoms. The average Bonchev–Trinajstić information content (AvgIpc) is 3.11. The van der Waals surface area contributed by atoms with Crippen LogP contribution in [0.4, 0.5) is 17.6 Å². The molecule has 9 heteroatoms. The lowest BCUT2D eigenvalue weighted by Crippen LogP contribution is -2.33. The molecule has 0 aliphatic carbocycles. The van der Waals surface area contributed by atoms with Crippen molar-refractivity contribution >= 4 is 16.9 Å². The monoisotopic (exact) mass is 481 g/mol. The lowest BCUT2D eigenvalue weighted by atomic mass is 9.71. The molecule has 1 atom stereocenters. The Hall–Kier alpha value is -3.07. The maximum Gasteiger partial charge on any atom is 0.303 e. The highest BCUT2D eigenvalue weighted by Gasteiger charge is 2.40. The van der Waals surface area contributed by atoms with Gasteiger partial charge >= 0.3 is 5.97 Å². The van der Waals surface area contributed by atoms with E-state index in [0.717, 1.165) is 24.3 Å². The molecular weight excluding hydrogens is 454 g/mol. The van der Waals surface area contributed by atoms with Crippen molar-refractivity contribution in [2.45, 2.75) is 50.9 Å². The van der Waals surface area contributed by atoms with E-state index in [-0.39, 0.29) is 35.9 Å². The van der Waals surface area contributed by atoms with E-state index in [1.165, 1.54) is 10.6 Å². The number of phenolic OH excluding ortho intramolecular Hbond substituents is 1. The third-order valence-electron chi connectivity index (χ3n) is 6.35. The van der Waals surface area contributed by atoms with Gasteiger partial charge in [0.25, 0.3) is 0 Å². The standard InChI is InChI=1S/C25H27F4NO4/c1-24(2,13-31)23-22(25(3,8-9-26)7-6-20(33)34)21-18(10-14(27)11-19(21)32)30(23)15-4-5-16(28)17(29)12-15/h4-5,10-12,31-32H,6-9,13H2,1-3H3,(H,33,34)/t25-/m0/s1. The molecule has 1 aromatic heterocycles. The molecule has 0 bridgehead atoms. The lowest BCUT2D eigenvalue weighted by Gasteiger charge is -2.35. The molecular formula is C25H27F4NO4. The summed E-state index contributed by atoms with van der Waals surface area (Å²) in [5.74, 6) is -4.63. The molecule has 0 saturated heterocycles. The Kier molecular flexibility index (Phi) is 6.98. The first-order valence-corrected chi connectivity index (χ1v) is 10.8. The summed E-state index contributed by atoms with van der Waals surface area (Å²) in [6.45, 7) is 3.70. The van der Waals surface area contributed by atoms with Gasteiger partial charge in [-0.15, -0.1) is 0 Å². The van der Waals surface area contributed by atoms with Gasteiger partial charge in [-0.25, -0.2) is 13.2 Å². The summed E-state index contributed by atoms with van der Waals surface area (Å²) in [6.07, 6.45) is -0.452. The van der Waals surface area contributed by atoms with Crippen LogP contribution >= 0.6 is 0 Å². The zero-order valence-corrected chi connectivity index (χ0v) is 19.1. The van der Waals surface area contributed by atoms with E-state index in [0.29, 0.717) is 11.3 Å². The van der Waals surface area contributed by atoms with Crippen LogP contribution < -0.4 is 0 Å². The molecule has 1 heterocycles. The van der Waals surface area contributed by atoms with Crippen LogP contribution in [0.3, 0.4) is 0 Å². The van der Waals surface area contributed by atoms with E-state index in [1.807, 2.05) is 0 Å².